The Morgan fingerprint density at radius 3 is 2.60 bits per heavy atom. The molecule has 0 aliphatic carbocycles. The number of fused-ring (bicyclic) bond motifs is 3. The van der Waals surface area contributed by atoms with Gasteiger partial charge in [-0.1, -0.05) is 38.1 Å². The van der Waals surface area contributed by atoms with E-state index in [-0.39, 0.29) is 29.8 Å². The first kappa shape index (κ1) is 13.2. The van der Waals surface area contributed by atoms with E-state index in [9.17, 15) is 9.59 Å². The molecule has 1 saturated heterocycles. The number of carbonyl (C=O) groups excluding carboxylic acids is 2. The standard InChI is InChI=1S/C16H20N2O2/c1-10(2)15-16(20)17(3)9-13-12-7-5-4-6-11(12)8-14(19)18(13)15/h4-7,10,13,15H,8-9H2,1-3H3/t13?,15-/m0/s1. The Balaban J connectivity index is 2.09. The molecule has 0 radical (unpaired) electrons. The molecule has 2 amide bonds. The average molecular weight is 272 g/mol. The molecule has 0 N–H and O–H groups in total. The van der Waals surface area contributed by atoms with E-state index in [1.807, 2.05) is 44.0 Å². The van der Waals surface area contributed by atoms with Gasteiger partial charge in [0.2, 0.25) is 11.8 Å². The molecule has 1 fully saturated rings. The minimum atomic E-state index is -0.334. The zero-order chi connectivity index (χ0) is 14.4. The molecule has 0 aromatic heterocycles. The molecule has 4 heteroatoms. The van der Waals surface area contributed by atoms with Crippen molar-refractivity contribution < 1.29 is 9.59 Å². The molecule has 0 bridgehead atoms. The van der Waals surface area contributed by atoms with Crippen LogP contribution in [-0.4, -0.2) is 41.2 Å². The normalized spacial score (nSPS) is 25.8. The number of hydrogen-bond acceptors (Lipinski definition) is 2. The molecule has 0 saturated carbocycles. The Kier molecular flexibility index (Phi) is 3.04. The monoisotopic (exact) mass is 272 g/mol. The first-order valence-electron chi connectivity index (χ1n) is 7.14. The van der Waals surface area contributed by atoms with Crippen molar-refractivity contribution in [1.82, 2.24) is 9.80 Å². The largest absolute Gasteiger partial charge is 0.342 e. The molecule has 2 atom stereocenters. The van der Waals surface area contributed by atoms with E-state index in [2.05, 4.69) is 6.07 Å². The van der Waals surface area contributed by atoms with Crippen LogP contribution in [0.4, 0.5) is 0 Å². The zero-order valence-electron chi connectivity index (χ0n) is 12.2. The van der Waals surface area contributed by atoms with Gasteiger partial charge in [-0.3, -0.25) is 9.59 Å². The van der Waals surface area contributed by atoms with E-state index in [0.29, 0.717) is 13.0 Å². The summed E-state index contributed by atoms with van der Waals surface area (Å²) in [6.45, 7) is 4.60. The lowest BCUT2D eigenvalue weighted by Crippen LogP contribution is -2.62. The zero-order valence-corrected chi connectivity index (χ0v) is 12.2. The Bertz CT molecular complexity index is 567. The molecule has 2 aliphatic heterocycles. The minimum absolute atomic E-state index is 0.00236. The van der Waals surface area contributed by atoms with Gasteiger partial charge in [0, 0.05) is 13.6 Å². The lowest BCUT2D eigenvalue weighted by Gasteiger charge is -2.49. The number of piperazine rings is 1. The number of likely N-dealkylation sites (N-methyl/N-ethyl adjacent to an activating group) is 1. The molecule has 1 aromatic rings. The number of rotatable bonds is 1. The van der Waals surface area contributed by atoms with Gasteiger partial charge in [0.25, 0.3) is 0 Å². The van der Waals surface area contributed by atoms with Gasteiger partial charge < -0.3 is 9.80 Å². The van der Waals surface area contributed by atoms with Gasteiger partial charge in [-0.2, -0.15) is 0 Å². The van der Waals surface area contributed by atoms with Crippen molar-refractivity contribution in [1.29, 1.82) is 0 Å². The SMILES string of the molecule is CC(C)[C@H]1C(=O)N(C)CC2c3ccccc3CC(=O)N21. The summed E-state index contributed by atoms with van der Waals surface area (Å²) in [5, 5.41) is 0. The van der Waals surface area contributed by atoms with Crippen LogP contribution in [0.15, 0.2) is 24.3 Å². The molecule has 0 spiro atoms. The van der Waals surface area contributed by atoms with Gasteiger partial charge in [-0.25, -0.2) is 0 Å². The van der Waals surface area contributed by atoms with Gasteiger partial charge >= 0.3 is 0 Å². The van der Waals surface area contributed by atoms with Crippen LogP contribution in [0.1, 0.15) is 31.0 Å². The van der Waals surface area contributed by atoms with Crippen molar-refractivity contribution in [2.75, 3.05) is 13.6 Å². The molecular formula is C16H20N2O2. The second kappa shape index (κ2) is 4.62. The van der Waals surface area contributed by atoms with Gasteiger partial charge in [-0.15, -0.1) is 0 Å². The van der Waals surface area contributed by atoms with Crippen LogP contribution in [-0.2, 0) is 16.0 Å². The van der Waals surface area contributed by atoms with E-state index in [0.717, 1.165) is 5.56 Å². The maximum absolute atomic E-state index is 12.5. The Morgan fingerprint density at radius 1 is 1.20 bits per heavy atom. The second-order valence-electron chi connectivity index (χ2n) is 6.10. The molecule has 3 rings (SSSR count). The van der Waals surface area contributed by atoms with Crippen molar-refractivity contribution in [3.05, 3.63) is 35.4 Å². The maximum atomic E-state index is 12.5. The summed E-state index contributed by atoms with van der Waals surface area (Å²) in [6, 6.07) is 7.75. The average Bonchev–Trinajstić information content (AvgIpc) is 2.40. The highest BCUT2D eigenvalue weighted by Crippen LogP contribution is 2.37. The summed E-state index contributed by atoms with van der Waals surface area (Å²) in [5.74, 6) is 0.264. The molecule has 106 valence electrons. The lowest BCUT2D eigenvalue weighted by atomic mass is 9.86. The number of hydrogen-bond donors (Lipinski definition) is 0. The highest BCUT2D eigenvalue weighted by molar-refractivity contribution is 5.91. The molecule has 1 unspecified atom stereocenters. The molecule has 2 heterocycles. The van der Waals surface area contributed by atoms with E-state index in [1.54, 1.807) is 4.90 Å². The van der Waals surface area contributed by atoms with Gasteiger partial charge in [0.15, 0.2) is 0 Å². The van der Waals surface area contributed by atoms with Crippen LogP contribution in [0.3, 0.4) is 0 Å². The van der Waals surface area contributed by atoms with E-state index < -0.39 is 0 Å². The van der Waals surface area contributed by atoms with E-state index in [1.165, 1.54) is 5.56 Å². The summed E-state index contributed by atoms with van der Waals surface area (Å²) in [7, 11) is 1.83. The van der Waals surface area contributed by atoms with Crippen molar-refractivity contribution in [3.63, 3.8) is 0 Å². The Morgan fingerprint density at radius 2 is 1.90 bits per heavy atom. The fourth-order valence-corrected chi connectivity index (χ4v) is 3.43. The molecule has 1 aromatic carbocycles. The molecule has 4 nitrogen and oxygen atoms in total. The highest BCUT2D eigenvalue weighted by Gasteiger charge is 2.46. The summed E-state index contributed by atoms with van der Waals surface area (Å²) in [6.07, 6.45) is 0.410. The smallest absolute Gasteiger partial charge is 0.245 e. The molecule has 2 aliphatic rings. The van der Waals surface area contributed by atoms with Crippen LogP contribution >= 0.6 is 0 Å². The van der Waals surface area contributed by atoms with Crippen molar-refractivity contribution in [2.45, 2.75) is 32.4 Å². The third kappa shape index (κ3) is 1.82. The predicted molar refractivity (Wildman–Crippen MR) is 76.0 cm³/mol. The van der Waals surface area contributed by atoms with E-state index >= 15 is 0 Å². The number of carbonyl (C=O) groups is 2. The van der Waals surface area contributed by atoms with Crippen LogP contribution in [0.2, 0.25) is 0 Å². The summed E-state index contributed by atoms with van der Waals surface area (Å²) >= 11 is 0. The van der Waals surface area contributed by atoms with E-state index in [4.69, 9.17) is 0 Å². The lowest BCUT2D eigenvalue weighted by molar-refractivity contribution is -0.158. The predicted octanol–water partition coefficient (Wildman–Crippen LogP) is 1.61. The number of nitrogens with zero attached hydrogens (tertiary/aromatic N) is 2. The van der Waals surface area contributed by atoms with Crippen LogP contribution in [0, 0.1) is 5.92 Å². The third-order valence-corrected chi connectivity index (χ3v) is 4.39. The van der Waals surface area contributed by atoms with Crippen molar-refractivity contribution in [3.8, 4) is 0 Å². The third-order valence-electron chi connectivity index (χ3n) is 4.39. The van der Waals surface area contributed by atoms with Gasteiger partial charge in [-0.05, 0) is 17.0 Å². The fraction of sp³-hybridized carbons (Fsp3) is 0.500. The fourth-order valence-electron chi connectivity index (χ4n) is 3.43. The van der Waals surface area contributed by atoms with Crippen LogP contribution in [0.5, 0.6) is 0 Å². The highest BCUT2D eigenvalue weighted by atomic mass is 16.2. The Hall–Kier alpha value is -1.84. The first-order valence-corrected chi connectivity index (χ1v) is 7.14. The Labute approximate surface area is 119 Å². The summed E-state index contributed by atoms with van der Waals surface area (Å²) < 4.78 is 0. The maximum Gasteiger partial charge on any atom is 0.245 e. The van der Waals surface area contributed by atoms with Crippen molar-refractivity contribution >= 4 is 11.8 Å². The van der Waals surface area contributed by atoms with Crippen molar-refractivity contribution in [2.24, 2.45) is 5.92 Å². The van der Waals surface area contributed by atoms with Crippen LogP contribution < -0.4 is 0 Å². The molecular weight excluding hydrogens is 252 g/mol. The molecule has 20 heavy (non-hydrogen) atoms. The summed E-state index contributed by atoms with van der Waals surface area (Å²) in [4.78, 5) is 28.5. The summed E-state index contributed by atoms with van der Waals surface area (Å²) in [5.41, 5.74) is 2.29. The topological polar surface area (TPSA) is 40.6 Å². The number of amides is 2. The second-order valence-corrected chi connectivity index (χ2v) is 6.10. The van der Waals surface area contributed by atoms with Gasteiger partial charge in [0.1, 0.15) is 6.04 Å². The van der Waals surface area contributed by atoms with Gasteiger partial charge in [0.05, 0.1) is 12.5 Å². The first-order chi connectivity index (χ1) is 9.50. The number of benzene rings is 1. The quantitative estimate of drug-likeness (QED) is 0.779. The van der Waals surface area contributed by atoms with Crippen LogP contribution in [0.25, 0.3) is 0 Å². The minimum Gasteiger partial charge on any atom is -0.342 e.